The maximum absolute atomic E-state index is 11.9. The van der Waals surface area contributed by atoms with Crippen LogP contribution in [0.3, 0.4) is 0 Å². The molecule has 0 radical (unpaired) electrons. The summed E-state index contributed by atoms with van der Waals surface area (Å²) in [7, 11) is 0. The van der Waals surface area contributed by atoms with Crippen molar-refractivity contribution in [2.75, 3.05) is 0 Å². The number of carbonyl (C=O) groups excluding carboxylic acids is 1. The summed E-state index contributed by atoms with van der Waals surface area (Å²) < 4.78 is 0. The van der Waals surface area contributed by atoms with E-state index in [0.29, 0.717) is 12.3 Å². The molecule has 19 heavy (non-hydrogen) atoms. The van der Waals surface area contributed by atoms with Crippen LogP contribution in [-0.4, -0.2) is 38.2 Å². The van der Waals surface area contributed by atoms with E-state index in [-0.39, 0.29) is 17.8 Å². The molecule has 2 unspecified atom stereocenters. The fourth-order valence-electron chi connectivity index (χ4n) is 2.14. The highest BCUT2D eigenvalue weighted by Crippen LogP contribution is 2.37. The molecule has 2 aliphatic rings. The molecule has 2 atom stereocenters. The molecule has 100 valence electrons. The molecule has 1 heterocycles. The van der Waals surface area contributed by atoms with Crippen molar-refractivity contribution in [2.45, 2.75) is 31.2 Å². The molecule has 2 aliphatic carbocycles. The molecule has 0 bridgehead atoms. The number of rotatable bonds is 4. The molecular weight excluding hydrogens is 248 g/mol. The predicted molar refractivity (Wildman–Crippen MR) is 64.5 cm³/mol. The van der Waals surface area contributed by atoms with Crippen molar-refractivity contribution in [3.8, 4) is 0 Å². The minimum Gasteiger partial charge on any atom is -0.481 e. The van der Waals surface area contributed by atoms with E-state index in [4.69, 9.17) is 5.11 Å². The lowest BCUT2D eigenvalue weighted by Crippen LogP contribution is -2.34. The van der Waals surface area contributed by atoms with Gasteiger partial charge in [0.2, 0.25) is 5.82 Å². The van der Waals surface area contributed by atoms with Gasteiger partial charge in [0.15, 0.2) is 0 Å². The number of amides is 1. The monoisotopic (exact) mass is 262 g/mol. The van der Waals surface area contributed by atoms with Gasteiger partial charge in [0.25, 0.3) is 5.91 Å². The van der Waals surface area contributed by atoms with Gasteiger partial charge in [0, 0.05) is 12.0 Å². The Balaban J connectivity index is 1.59. The van der Waals surface area contributed by atoms with Crippen molar-refractivity contribution in [1.29, 1.82) is 0 Å². The van der Waals surface area contributed by atoms with E-state index in [1.807, 2.05) is 0 Å². The van der Waals surface area contributed by atoms with Gasteiger partial charge >= 0.3 is 5.97 Å². The maximum atomic E-state index is 11.9. The molecule has 1 saturated carbocycles. The Labute approximate surface area is 109 Å². The molecule has 0 saturated heterocycles. The number of aromatic amines is 1. The maximum Gasteiger partial charge on any atom is 0.310 e. The highest BCUT2D eigenvalue weighted by atomic mass is 16.4. The Morgan fingerprint density at radius 1 is 1.37 bits per heavy atom. The Morgan fingerprint density at radius 3 is 2.79 bits per heavy atom. The molecular formula is C12H14N4O3. The summed E-state index contributed by atoms with van der Waals surface area (Å²) in [6, 6.07) is -0.267. The van der Waals surface area contributed by atoms with Crippen LogP contribution in [0.4, 0.5) is 0 Å². The van der Waals surface area contributed by atoms with E-state index < -0.39 is 11.9 Å². The first kappa shape index (κ1) is 11.9. The van der Waals surface area contributed by atoms with Crippen LogP contribution in [0.15, 0.2) is 12.2 Å². The van der Waals surface area contributed by atoms with Crippen LogP contribution in [0.25, 0.3) is 0 Å². The van der Waals surface area contributed by atoms with Gasteiger partial charge in [-0.25, -0.2) is 4.98 Å². The van der Waals surface area contributed by atoms with Gasteiger partial charge < -0.3 is 10.4 Å². The number of H-pyrrole nitrogens is 1. The van der Waals surface area contributed by atoms with Gasteiger partial charge in [0.05, 0.1) is 5.92 Å². The van der Waals surface area contributed by atoms with E-state index in [1.165, 1.54) is 0 Å². The third-order valence-electron chi connectivity index (χ3n) is 3.39. The minimum absolute atomic E-state index is 0.120. The van der Waals surface area contributed by atoms with Crippen LogP contribution in [0.2, 0.25) is 0 Å². The van der Waals surface area contributed by atoms with Gasteiger partial charge in [-0.1, -0.05) is 12.2 Å². The first-order chi connectivity index (χ1) is 9.13. The van der Waals surface area contributed by atoms with Crippen molar-refractivity contribution in [3.63, 3.8) is 0 Å². The second kappa shape index (κ2) is 4.49. The fraction of sp³-hybridized carbons (Fsp3) is 0.500. The molecule has 7 heteroatoms. The Morgan fingerprint density at radius 2 is 2.16 bits per heavy atom. The summed E-state index contributed by atoms with van der Waals surface area (Å²) in [5.74, 6) is -0.480. The smallest absolute Gasteiger partial charge is 0.310 e. The van der Waals surface area contributed by atoms with E-state index in [9.17, 15) is 9.59 Å². The van der Waals surface area contributed by atoms with Gasteiger partial charge in [-0.2, -0.15) is 0 Å². The van der Waals surface area contributed by atoms with E-state index >= 15 is 0 Å². The molecule has 3 N–H and O–H groups in total. The first-order valence-electron chi connectivity index (χ1n) is 6.28. The standard InChI is InChI=1S/C12H14N4O3/c17-11(10-14-9(15-16-10)6-1-2-6)13-8-4-3-7(5-8)12(18)19/h3-4,6-8H,1-2,5H2,(H,13,17)(H,18,19)(H,14,15,16). The highest BCUT2D eigenvalue weighted by Gasteiger charge is 2.29. The summed E-state index contributed by atoms with van der Waals surface area (Å²) in [6.07, 6.45) is 5.84. The summed E-state index contributed by atoms with van der Waals surface area (Å²) >= 11 is 0. The molecule has 7 nitrogen and oxygen atoms in total. The fourth-order valence-corrected chi connectivity index (χ4v) is 2.14. The molecule has 0 aliphatic heterocycles. The van der Waals surface area contributed by atoms with Gasteiger partial charge in [0.1, 0.15) is 5.82 Å². The lowest BCUT2D eigenvalue weighted by atomic mass is 10.1. The zero-order valence-corrected chi connectivity index (χ0v) is 10.2. The second-order valence-electron chi connectivity index (χ2n) is 4.96. The number of carboxylic acid groups (broad SMARTS) is 1. The Kier molecular flexibility index (Phi) is 2.81. The molecule has 1 aromatic rings. The summed E-state index contributed by atoms with van der Waals surface area (Å²) in [4.78, 5) is 26.8. The number of hydrogen-bond acceptors (Lipinski definition) is 4. The van der Waals surface area contributed by atoms with Crippen LogP contribution in [0.5, 0.6) is 0 Å². The lowest BCUT2D eigenvalue weighted by molar-refractivity contribution is -0.140. The molecule has 1 fully saturated rings. The summed E-state index contributed by atoms with van der Waals surface area (Å²) in [5, 5.41) is 18.2. The van der Waals surface area contributed by atoms with Crippen molar-refractivity contribution in [1.82, 2.24) is 20.5 Å². The largest absolute Gasteiger partial charge is 0.481 e. The van der Waals surface area contributed by atoms with Gasteiger partial charge in [-0.05, 0) is 19.3 Å². The van der Waals surface area contributed by atoms with Crippen LogP contribution >= 0.6 is 0 Å². The number of carbonyl (C=O) groups is 2. The normalized spacial score (nSPS) is 25.5. The van der Waals surface area contributed by atoms with Crippen LogP contribution in [0.1, 0.15) is 41.6 Å². The van der Waals surface area contributed by atoms with Crippen molar-refractivity contribution >= 4 is 11.9 Å². The molecule has 0 spiro atoms. The summed E-state index contributed by atoms with van der Waals surface area (Å²) in [5.41, 5.74) is 0. The zero-order chi connectivity index (χ0) is 13.4. The SMILES string of the molecule is O=C(NC1C=CC(C(=O)O)C1)c1n[nH]c(C2CC2)n1. The van der Waals surface area contributed by atoms with Crippen molar-refractivity contribution in [3.05, 3.63) is 23.8 Å². The van der Waals surface area contributed by atoms with Crippen molar-refractivity contribution < 1.29 is 14.7 Å². The molecule has 1 aromatic heterocycles. The average molecular weight is 262 g/mol. The number of nitrogens with zero attached hydrogens (tertiary/aromatic N) is 2. The third-order valence-corrected chi connectivity index (χ3v) is 3.39. The van der Waals surface area contributed by atoms with E-state index in [1.54, 1.807) is 12.2 Å². The van der Waals surface area contributed by atoms with Crippen LogP contribution in [-0.2, 0) is 4.79 Å². The molecule has 1 amide bonds. The number of nitrogens with one attached hydrogen (secondary N) is 2. The highest BCUT2D eigenvalue weighted by molar-refractivity contribution is 5.90. The van der Waals surface area contributed by atoms with E-state index in [2.05, 4.69) is 20.5 Å². The zero-order valence-electron chi connectivity index (χ0n) is 10.2. The number of carboxylic acids is 1. The van der Waals surface area contributed by atoms with Crippen LogP contribution < -0.4 is 5.32 Å². The number of aliphatic carboxylic acids is 1. The topological polar surface area (TPSA) is 108 Å². The third kappa shape index (κ3) is 2.49. The second-order valence-corrected chi connectivity index (χ2v) is 4.96. The average Bonchev–Trinajstić information content (AvgIpc) is 2.92. The van der Waals surface area contributed by atoms with Gasteiger partial charge in [-0.15, -0.1) is 5.10 Å². The number of aromatic nitrogens is 3. The number of hydrogen-bond donors (Lipinski definition) is 3. The van der Waals surface area contributed by atoms with Crippen molar-refractivity contribution in [2.24, 2.45) is 5.92 Å². The Hall–Kier alpha value is -2.18. The van der Waals surface area contributed by atoms with Gasteiger partial charge in [-0.3, -0.25) is 14.7 Å². The molecule has 0 aromatic carbocycles. The Bertz CT molecular complexity index is 547. The quantitative estimate of drug-likeness (QED) is 0.682. The van der Waals surface area contributed by atoms with Crippen LogP contribution in [0, 0.1) is 5.92 Å². The lowest BCUT2D eigenvalue weighted by Gasteiger charge is -2.10. The van der Waals surface area contributed by atoms with E-state index in [0.717, 1.165) is 18.7 Å². The first-order valence-corrected chi connectivity index (χ1v) is 6.28. The predicted octanol–water partition coefficient (Wildman–Crippen LogP) is 0.441. The summed E-state index contributed by atoms with van der Waals surface area (Å²) in [6.45, 7) is 0. The molecule has 3 rings (SSSR count). The minimum atomic E-state index is -0.873.